The van der Waals surface area contributed by atoms with E-state index in [-0.39, 0.29) is 0 Å². The van der Waals surface area contributed by atoms with Gasteiger partial charge in [0, 0.05) is 6.08 Å². The first-order valence-corrected chi connectivity index (χ1v) is 4.07. The molecule has 80 valence electrons. The Balaban J connectivity index is 2.36. The average molecular weight is 203 g/mol. The molecule has 1 fully saturated rings. The summed E-state index contributed by atoms with van der Waals surface area (Å²) < 4.78 is 4.38. The number of hydrogen-bond donors (Lipinski definition) is 1. The molecule has 0 aromatic rings. The van der Waals surface area contributed by atoms with Gasteiger partial charge in [-0.3, -0.25) is 4.84 Å². The Morgan fingerprint density at radius 1 is 1.57 bits per heavy atom. The minimum Gasteiger partial charge on any atom is -0.466 e. The second-order valence-electron chi connectivity index (χ2n) is 3.16. The first-order valence-electron chi connectivity index (χ1n) is 4.07. The van der Waals surface area contributed by atoms with Crippen molar-refractivity contribution >= 4 is 5.97 Å². The molecule has 6 heteroatoms. The Kier molecular flexibility index (Phi) is 3.59. The van der Waals surface area contributed by atoms with Crippen LogP contribution >= 0.6 is 0 Å². The molecule has 1 rings (SSSR count). The summed E-state index contributed by atoms with van der Waals surface area (Å²) in [6.45, 7) is 3.46. The number of nitrogens with one attached hydrogen (secondary N) is 1. The molecule has 0 saturated carbocycles. The molecule has 0 spiro atoms. The third kappa shape index (κ3) is 3.43. The molecule has 0 aromatic heterocycles. The maximum absolute atomic E-state index is 10.7. The molecule has 1 aliphatic rings. The van der Waals surface area contributed by atoms with Gasteiger partial charge in [0.1, 0.15) is 0 Å². The fourth-order valence-corrected chi connectivity index (χ4v) is 0.701. The van der Waals surface area contributed by atoms with Crippen molar-refractivity contribution in [3.05, 3.63) is 12.2 Å². The third-order valence-electron chi connectivity index (χ3n) is 1.36. The molecule has 1 saturated heterocycles. The van der Waals surface area contributed by atoms with Gasteiger partial charge in [-0.2, -0.15) is 10.4 Å². The van der Waals surface area contributed by atoms with Gasteiger partial charge in [0.15, 0.2) is 5.72 Å². The van der Waals surface area contributed by atoms with Gasteiger partial charge in [0.2, 0.25) is 6.29 Å². The lowest BCUT2D eigenvalue weighted by Crippen LogP contribution is -2.49. The summed E-state index contributed by atoms with van der Waals surface area (Å²) in [6, 6.07) is 0. The molecular formula is C8H13NO5. The molecule has 0 aliphatic carbocycles. The highest BCUT2D eigenvalue weighted by molar-refractivity contribution is 5.81. The topological polar surface area (TPSA) is 66.0 Å². The lowest BCUT2D eigenvalue weighted by Gasteiger charge is -2.32. The van der Waals surface area contributed by atoms with Crippen molar-refractivity contribution in [1.29, 1.82) is 0 Å². The highest BCUT2D eigenvalue weighted by atomic mass is 17.3. The van der Waals surface area contributed by atoms with Crippen LogP contribution < -0.4 is 5.48 Å². The number of hydrogen-bond acceptors (Lipinski definition) is 6. The van der Waals surface area contributed by atoms with Crippen molar-refractivity contribution in [2.24, 2.45) is 0 Å². The molecule has 1 atom stereocenters. The first kappa shape index (κ1) is 11.1. The standard InChI is InChI=1S/C8H13NO5/c1-8(2)9-12-7(13-14-8)5-4-6(10)11-3/h4-5,7,9H,1-3H3/b5-4-. The third-order valence-corrected chi connectivity index (χ3v) is 1.36. The molecule has 1 aliphatic heterocycles. The normalized spacial score (nSPS) is 26.4. The van der Waals surface area contributed by atoms with E-state index in [0.717, 1.165) is 0 Å². The van der Waals surface area contributed by atoms with E-state index < -0.39 is 18.0 Å². The molecule has 14 heavy (non-hydrogen) atoms. The Labute approximate surface area is 81.6 Å². The van der Waals surface area contributed by atoms with Crippen LogP contribution in [0.25, 0.3) is 0 Å². The minimum atomic E-state index is -0.762. The summed E-state index contributed by atoms with van der Waals surface area (Å²) in [5.41, 5.74) is 1.90. The highest BCUT2D eigenvalue weighted by Gasteiger charge is 2.28. The summed E-state index contributed by atoms with van der Waals surface area (Å²) in [5.74, 6) is -0.484. The molecule has 6 nitrogen and oxygen atoms in total. The Bertz CT molecular complexity index is 228. The summed E-state index contributed by atoms with van der Waals surface area (Å²) in [7, 11) is 1.28. The molecule has 0 radical (unpaired) electrons. The number of carbonyl (C=O) groups excluding carboxylic acids is 1. The fourth-order valence-electron chi connectivity index (χ4n) is 0.701. The van der Waals surface area contributed by atoms with Gasteiger partial charge in [-0.15, -0.1) is 0 Å². The van der Waals surface area contributed by atoms with Gasteiger partial charge >= 0.3 is 5.97 Å². The summed E-state index contributed by atoms with van der Waals surface area (Å²) in [5, 5.41) is 0. The van der Waals surface area contributed by atoms with Gasteiger partial charge in [-0.25, -0.2) is 9.68 Å². The number of carbonyl (C=O) groups is 1. The molecule has 1 heterocycles. The lowest BCUT2D eigenvalue weighted by atomic mass is 10.3. The summed E-state index contributed by atoms with van der Waals surface area (Å²) in [6.07, 6.45) is 1.80. The lowest BCUT2D eigenvalue weighted by molar-refractivity contribution is -0.481. The largest absolute Gasteiger partial charge is 0.466 e. The predicted octanol–water partition coefficient (Wildman–Crippen LogP) is 0.261. The van der Waals surface area contributed by atoms with Gasteiger partial charge in [-0.1, -0.05) is 0 Å². The van der Waals surface area contributed by atoms with Crippen LogP contribution in [-0.2, 0) is 24.1 Å². The first-order chi connectivity index (χ1) is 6.53. The van der Waals surface area contributed by atoms with Crippen molar-refractivity contribution in [3.63, 3.8) is 0 Å². The zero-order chi connectivity index (χ0) is 10.6. The van der Waals surface area contributed by atoms with E-state index in [1.54, 1.807) is 13.8 Å². The van der Waals surface area contributed by atoms with Crippen LogP contribution in [0.2, 0.25) is 0 Å². The SMILES string of the molecule is COC(=O)/C=C\C1ONC(C)(C)OO1. The Morgan fingerprint density at radius 3 is 2.79 bits per heavy atom. The molecule has 1 N–H and O–H groups in total. The van der Waals surface area contributed by atoms with Crippen LogP contribution in [0.1, 0.15) is 13.8 Å². The van der Waals surface area contributed by atoms with E-state index in [9.17, 15) is 4.79 Å². The van der Waals surface area contributed by atoms with Gasteiger partial charge in [0.05, 0.1) is 7.11 Å². The van der Waals surface area contributed by atoms with Crippen LogP contribution in [0, 0.1) is 0 Å². The molecule has 0 bridgehead atoms. The molecule has 0 aromatic carbocycles. The van der Waals surface area contributed by atoms with Gasteiger partial charge < -0.3 is 4.74 Å². The van der Waals surface area contributed by atoms with Crippen LogP contribution in [0.15, 0.2) is 12.2 Å². The highest BCUT2D eigenvalue weighted by Crippen LogP contribution is 2.14. The van der Waals surface area contributed by atoms with Crippen LogP contribution in [0.4, 0.5) is 0 Å². The van der Waals surface area contributed by atoms with Crippen LogP contribution in [0.3, 0.4) is 0 Å². The summed E-state index contributed by atoms with van der Waals surface area (Å²) >= 11 is 0. The molecule has 0 amide bonds. The zero-order valence-electron chi connectivity index (χ0n) is 8.27. The van der Waals surface area contributed by atoms with Crippen molar-refractivity contribution in [2.75, 3.05) is 7.11 Å². The van der Waals surface area contributed by atoms with E-state index in [0.29, 0.717) is 0 Å². The average Bonchev–Trinajstić information content (AvgIpc) is 2.16. The van der Waals surface area contributed by atoms with Crippen molar-refractivity contribution in [1.82, 2.24) is 5.48 Å². The van der Waals surface area contributed by atoms with E-state index >= 15 is 0 Å². The maximum Gasteiger partial charge on any atom is 0.330 e. The van der Waals surface area contributed by atoms with E-state index in [1.165, 1.54) is 19.3 Å². The number of ether oxygens (including phenoxy) is 1. The second-order valence-corrected chi connectivity index (χ2v) is 3.16. The van der Waals surface area contributed by atoms with Crippen molar-refractivity contribution in [2.45, 2.75) is 25.9 Å². The number of methoxy groups -OCH3 is 1. The van der Waals surface area contributed by atoms with Crippen molar-refractivity contribution in [3.8, 4) is 0 Å². The maximum atomic E-state index is 10.7. The van der Waals surface area contributed by atoms with Gasteiger partial charge in [0.25, 0.3) is 0 Å². The summed E-state index contributed by atoms with van der Waals surface area (Å²) in [4.78, 5) is 25.4. The smallest absolute Gasteiger partial charge is 0.330 e. The van der Waals surface area contributed by atoms with Crippen molar-refractivity contribution < 1.29 is 24.1 Å². The Morgan fingerprint density at radius 2 is 2.29 bits per heavy atom. The van der Waals surface area contributed by atoms with Crippen LogP contribution in [0.5, 0.6) is 0 Å². The van der Waals surface area contributed by atoms with Crippen LogP contribution in [-0.4, -0.2) is 25.1 Å². The number of esters is 1. The second kappa shape index (κ2) is 4.52. The molecule has 1 unspecified atom stereocenters. The molecular weight excluding hydrogens is 190 g/mol. The van der Waals surface area contributed by atoms with E-state index in [2.05, 4.69) is 10.2 Å². The monoisotopic (exact) mass is 203 g/mol. The minimum absolute atomic E-state index is 0.484. The quantitative estimate of drug-likeness (QED) is 0.394. The van der Waals surface area contributed by atoms with E-state index in [4.69, 9.17) is 14.6 Å². The fraction of sp³-hybridized carbons (Fsp3) is 0.625. The van der Waals surface area contributed by atoms with Gasteiger partial charge in [-0.05, 0) is 19.9 Å². The zero-order valence-corrected chi connectivity index (χ0v) is 8.27. The van der Waals surface area contributed by atoms with E-state index in [1.807, 2.05) is 0 Å². The predicted molar refractivity (Wildman–Crippen MR) is 45.4 cm³/mol. The number of rotatable bonds is 2. The Hall–Kier alpha value is -0.950. The number of hydroxylamine groups is 1.